The van der Waals surface area contributed by atoms with Crippen molar-refractivity contribution in [2.75, 3.05) is 0 Å². The summed E-state index contributed by atoms with van der Waals surface area (Å²) < 4.78 is 0. The molecular weight excluding hydrogens is 522 g/mol. The smallest absolute Gasteiger partial charge is 0.161 e. The van der Waals surface area contributed by atoms with Crippen molar-refractivity contribution >= 4 is 33.6 Å². The largest absolute Gasteiger partial charge is 0.350 e. The number of nitrogens with one attached hydrogen (secondary N) is 3. The molecule has 3 N–H and O–H groups in total. The van der Waals surface area contributed by atoms with Crippen LogP contribution in [0.1, 0.15) is 18.2 Å². The molecule has 8 heteroatoms. The van der Waals surface area contributed by atoms with Gasteiger partial charge in [0.2, 0.25) is 0 Å². The van der Waals surface area contributed by atoms with Gasteiger partial charge >= 0.3 is 0 Å². The molecule has 6 aromatic rings. The summed E-state index contributed by atoms with van der Waals surface area (Å²) in [6.07, 6.45) is 7.73. The molecule has 0 aliphatic rings. The number of fused-ring (bicyclic) bond motifs is 2. The fourth-order valence-electron chi connectivity index (χ4n) is 4.78. The first-order chi connectivity index (χ1) is 20.7. The number of nitrogens with zero attached hydrogens (tertiary/aromatic N) is 4. The van der Waals surface area contributed by atoms with Crippen molar-refractivity contribution in [1.82, 2.24) is 35.5 Å². The van der Waals surface area contributed by atoms with Crippen molar-refractivity contribution in [2.45, 2.75) is 13.3 Å². The first-order valence-electron chi connectivity index (χ1n) is 13.5. The maximum atomic E-state index is 11.7. The Morgan fingerprint density at radius 2 is 1.69 bits per heavy atom. The molecule has 2 aromatic carbocycles. The first-order valence-corrected chi connectivity index (χ1v) is 13.5. The van der Waals surface area contributed by atoms with E-state index in [-0.39, 0.29) is 0 Å². The van der Waals surface area contributed by atoms with Gasteiger partial charge in [-0.15, -0.1) is 0 Å². The van der Waals surface area contributed by atoms with E-state index in [0.29, 0.717) is 34.8 Å². The van der Waals surface area contributed by atoms with Crippen molar-refractivity contribution in [3.05, 3.63) is 133 Å². The number of pyridine rings is 2. The third kappa shape index (κ3) is 5.30. The van der Waals surface area contributed by atoms with Crippen LogP contribution in [0.4, 0.5) is 0 Å². The number of aromatic amines is 2. The predicted molar refractivity (Wildman–Crippen MR) is 167 cm³/mol. The minimum absolute atomic E-state index is 0.414. The molecule has 42 heavy (non-hydrogen) atoms. The second-order valence-corrected chi connectivity index (χ2v) is 9.59. The number of imidazole rings is 1. The Morgan fingerprint density at radius 1 is 0.929 bits per heavy atom. The van der Waals surface area contributed by atoms with Crippen LogP contribution in [0.5, 0.6) is 0 Å². The molecule has 0 bridgehead atoms. The molecule has 0 atom stereocenters. The molecule has 6 rings (SSSR count). The van der Waals surface area contributed by atoms with Gasteiger partial charge in [-0.05, 0) is 48.4 Å². The van der Waals surface area contributed by atoms with Crippen LogP contribution < -0.4 is 5.32 Å². The molecule has 204 valence electrons. The fourth-order valence-corrected chi connectivity index (χ4v) is 4.78. The third-order valence-electron chi connectivity index (χ3n) is 6.86. The molecular formula is C34H27N7O. The van der Waals surface area contributed by atoms with E-state index >= 15 is 0 Å². The van der Waals surface area contributed by atoms with Crippen molar-refractivity contribution in [1.29, 1.82) is 0 Å². The lowest BCUT2D eigenvalue weighted by Gasteiger charge is -2.10. The quantitative estimate of drug-likeness (QED) is 0.139. The maximum absolute atomic E-state index is 11.7. The number of aromatic nitrogens is 6. The lowest BCUT2D eigenvalue weighted by atomic mass is 10.1. The molecule has 0 spiro atoms. The zero-order chi connectivity index (χ0) is 28.9. The van der Waals surface area contributed by atoms with Crippen LogP contribution in [0.25, 0.3) is 50.4 Å². The average Bonchev–Trinajstić information content (AvgIpc) is 3.67. The van der Waals surface area contributed by atoms with Crippen LogP contribution >= 0.6 is 0 Å². The summed E-state index contributed by atoms with van der Waals surface area (Å²) >= 11 is 0. The van der Waals surface area contributed by atoms with Gasteiger partial charge in [0.1, 0.15) is 22.7 Å². The van der Waals surface area contributed by atoms with Gasteiger partial charge in [0, 0.05) is 23.9 Å². The van der Waals surface area contributed by atoms with E-state index in [1.807, 2.05) is 104 Å². The standard InChI is InChI=1S/C34H27N7O/c1-3-23(20-25(4-2)36-26(21-42)19-22-11-7-5-8-12-22)27-15-16-29-32(37-27)33(41-40-29)34-38-28-17-18-35-30(31(28)39-34)24-13-9-6-10-14-24/h3-18,20,36H,2,19H2,1H3,(H,38,39)(H,40,41)/b23-3+,25-20+. The number of carbonyl (C=O) groups excluding carboxylic acids is 1. The molecule has 0 fully saturated rings. The van der Waals surface area contributed by atoms with Crippen LogP contribution in [0.15, 0.2) is 121 Å². The molecule has 0 radical (unpaired) electrons. The number of benzene rings is 2. The molecule has 4 heterocycles. The van der Waals surface area contributed by atoms with Crippen molar-refractivity contribution in [3.63, 3.8) is 0 Å². The van der Waals surface area contributed by atoms with E-state index in [1.165, 1.54) is 0 Å². The minimum Gasteiger partial charge on any atom is -0.350 e. The van der Waals surface area contributed by atoms with E-state index in [0.717, 1.165) is 44.6 Å². The third-order valence-corrected chi connectivity index (χ3v) is 6.86. The van der Waals surface area contributed by atoms with Gasteiger partial charge < -0.3 is 10.3 Å². The summed E-state index contributed by atoms with van der Waals surface area (Å²) in [6.45, 7) is 5.86. The summed E-state index contributed by atoms with van der Waals surface area (Å²) in [4.78, 5) is 29.5. The predicted octanol–water partition coefficient (Wildman–Crippen LogP) is 6.58. The second kappa shape index (κ2) is 11.7. The zero-order valence-corrected chi connectivity index (χ0v) is 22.9. The van der Waals surface area contributed by atoms with Gasteiger partial charge in [-0.3, -0.25) is 10.1 Å². The van der Waals surface area contributed by atoms with Gasteiger partial charge in [-0.1, -0.05) is 73.3 Å². The zero-order valence-electron chi connectivity index (χ0n) is 22.9. The Balaban J connectivity index is 1.33. The van der Waals surface area contributed by atoms with Crippen LogP contribution in [0.2, 0.25) is 0 Å². The highest BCUT2D eigenvalue weighted by atomic mass is 16.1. The van der Waals surface area contributed by atoms with Crippen LogP contribution in [-0.2, 0) is 11.2 Å². The maximum Gasteiger partial charge on any atom is 0.161 e. The normalized spacial score (nSPS) is 11.9. The molecule has 4 aromatic heterocycles. The Morgan fingerprint density at radius 3 is 2.43 bits per heavy atom. The van der Waals surface area contributed by atoms with E-state index in [2.05, 4.69) is 32.1 Å². The number of H-pyrrole nitrogens is 2. The number of allylic oxidation sites excluding steroid dienone is 5. The average molecular weight is 550 g/mol. The van der Waals surface area contributed by atoms with Crippen LogP contribution in [0, 0.1) is 0 Å². The lowest BCUT2D eigenvalue weighted by molar-refractivity contribution is 0.564. The Labute approximate surface area is 242 Å². The topological polar surface area (TPSA) is 112 Å². The highest BCUT2D eigenvalue weighted by molar-refractivity contribution is 5.95. The Hall–Kier alpha value is -5.85. The molecule has 0 amide bonds. The summed E-state index contributed by atoms with van der Waals surface area (Å²) in [6, 6.07) is 25.5. The van der Waals surface area contributed by atoms with E-state index in [9.17, 15) is 4.79 Å². The van der Waals surface area contributed by atoms with Gasteiger partial charge in [-0.25, -0.2) is 14.8 Å². The lowest BCUT2D eigenvalue weighted by Crippen LogP contribution is -2.14. The van der Waals surface area contributed by atoms with Gasteiger partial charge in [0.05, 0.1) is 22.4 Å². The minimum atomic E-state index is 0.414. The molecule has 0 saturated heterocycles. The van der Waals surface area contributed by atoms with Gasteiger partial charge in [-0.2, -0.15) is 5.10 Å². The Bertz CT molecular complexity index is 2010. The monoisotopic (exact) mass is 549 g/mol. The second-order valence-electron chi connectivity index (χ2n) is 9.59. The summed E-state index contributed by atoms with van der Waals surface area (Å²) in [5, 5.41) is 10.8. The summed E-state index contributed by atoms with van der Waals surface area (Å²) in [5.41, 5.74) is 9.14. The summed E-state index contributed by atoms with van der Waals surface area (Å²) in [5.74, 6) is 2.62. The highest BCUT2D eigenvalue weighted by Crippen LogP contribution is 2.30. The molecule has 0 unspecified atom stereocenters. The van der Waals surface area contributed by atoms with E-state index < -0.39 is 0 Å². The number of hydrogen-bond donors (Lipinski definition) is 3. The van der Waals surface area contributed by atoms with Crippen molar-refractivity contribution < 1.29 is 4.79 Å². The fraction of sp³-hybridized carbons (Fsp3) is 0.0588. The van der Waals surface area contributed by atoms with Gasteiger partial charge in [0.15, 0.2) is 11.5 Å². The van der Waals surface area contributed by atoms with E-state index in [1.54, 1.807) is 12.3 Å². The van der Waals surface area contributed by atoms with Crippen molar-refractivity contribution in [2.24, 2.45) is 0 Å². The number of hydrogen-bond acceptors (Lipinski definition) is 6. The van der Waals surface area contributed by atoms with Crippen molar-refractivity contribution in [3.8, 4) is 22.8 Å². The first kappa shape index (κ1) is 26.4. The molecule has 0 aliphatic carbocycles. The molecule has 8 nitrogen and oxygen atoms in total. The summed E-state index contributed by atoms with van der Waals surface area (Å²) in [7, 11) is 0. The number of rotatable bonds is 9. The molecule has 0 saturated carbocycles. The molecule has 0 aliphatic heterocycles. The SMILES string of the molecule is C=C/C(=C\C(=C/C)c1ccc2[nH]nc(-c3nc4c(-c5ccccc5)nccc4[nH]3)c2n1)NC(=C=O)Cc1ccccc1. The highest BCUT2D eigenvalue weighted by Gasteiger charge is 2.17. The van der Waals surface area contributed by atoms with Gasteiger partial charge in [0.25, 0.3) is 0 Å². The van der Waals surface area contributed by atoms with Crippen LogP contribution in [-0.4, -0.2) is 36.1 Å². The van der Waals surface area contributed by atoms with E-state index in [4.69, 9.17) is 9.97 Å². The Kier molecular flexibility index (Phi) is 7.36. The van der Waals surface area contributed by atoms with Crippen LogP contribution in [0.3, 0.4) is 0 Å².